The molecule has 2 rings (SSSR count). The third-order valence-electron chi connectivity index (χ3n) is 3.15. The Morgan fingerprint density at radius 1 is 1.38 bits per heavy atom. The van der Waals surface area contributed by atoms with E-state index in [1.807, 2.05) is 0 Å². The second kappa shape index (κ2) is 5.27. The molecule has 0 spiro atoms. The summed E-state index contributed by atoms with van der Waals surface area (Å²) in [7, 11) is 0. The molecule has 0 aromatic heterocycles. The Balaban J connectivity index is 0.00000128. The van der Waals surface area contributed by atoms with Gasteiger partial charge in [-0.05, 0) is 18.8 Å². The highest BCUT2D eigenvalue weighted by Gasteiger charge is 2.29. The van der Waals surface area contributed by atoms with Crippen LogP contribution in [0.15, 0.2) is 24.3 Å². The van der Waals surface area contributed by atoms with Crippen LogP contribution in [0.1, 0.15) is 30.9 Å². The lowest BCUT2D eigenvalue weighted by molar-refractivity contribution is -0.385. The molecule has 1 aromatic rings. The first kappa shape index (κ1) is 12.9. The van der Waals surface area contributed by atoms with Gasteiger partial charge in [-0.3, -0.25) is 10.1 Å². The topological polar surface area (TPSA) is 69.2 Å². The van der Waals surface area contributed by atoms with Crippen LogP contribution in [-0.4, -0.2) is 4.92 Å². The van der Waals surface area contributed by atoms with Gasteiger partial charge in [0.15, 0.2) is 0 Å². The van der Waals surface area contributed by atoms with Crippen LogP contribution in [0.2, 0.25) is 0 Å². The van der Waals surface area contributed by atoms with E-state index in [4.69, 9.17) is 5.73 Å². The van der Waals surface area contributed by atoms with Crippen molar-refractivity contribution in [3.05, 3.63) is 39.9 Å². The molecule has 0 amide bonds. The summed E-state index contributed by atoms with van der Waals surface area (Å²) < 4.78 is 0. The van der Waals surface area contributed by atoms with Gasteiger partial charge in [-0.15, -0.1) is 12.4 Å². The fourth-order valence-corrected chi connectivity index (χ4v) is 1.99. The molecule has 1 atom stereocenters. The molecule has 0 bridgehead atoms. The van der Waals surface area contributed by atoms with Gasteiger partial charge >= 0.3 is 0 Å². The molecule has 1 aliphatic carbocycles. The zero-order valence-corrected chi connectivity index (χ0v) is 9.65. The summed E-state index contributed by atoms with van der Waals surface area (Å²) >= 11 is 0. The molecule has 0 aliphatic heterocycles. The van der Waals surface area contributed by atoms with Gasteiger partial charge < -0.3 is 5.73 Å². The van der Waals surface area contributed by atoms with Gasteiger partial charge in [0.2, 0.25) is 0 Å². The Hall–Kier alpha value is -1.13. The highest BCUT2D eigenvalue weighted by molar-refractivity contribution is 5.85. The zero-order valence-electron chi connectivity index (χ0n) is 8.83. The van der Waals surface area contributed by atoms with Crippen molar-refractivity contribution in [2.24, 2.45) is 11.7 Å². The quantitative estimate of drug-likeness (QED) is 0.655. The summed E-state index contributed by atoms with van der Waals surface area (Å²) in [4.78, 5) is 10.5. The predicted molar refractivity (Wildman–Crippen MR) is 64.6 cm³/mol. The number of nitro benzene ring substituents is 1. The molecule has 0 unspecified atom stereocenters. The molecule has 1 fully saturated rings. The van der Waals surface area contributed by atoms with Crippen LogP contribution in [0, 0.1) is 16.0 Å². The van der Waals surface area contributed by atoms with Gasteiger partial charge in [0.05, 0.1) is 4.92 Å². The number of para-hydroxylation sites is 1. The number of rotatable bonds is 3. The highest BCUT2D eigenvalue weighted by Crippen LogP contribution is 2.38. The van der Waals surface area contributed by atoms with E-state index < -0.39 is 0 Å². The van der Waals surface area contributed by atoms with Crippen molar-refractivity contribution in [1.29, 1.82) is 0 Å². The summed E-state index contributed by atoms with van der Waals surface area (Å²) in [5, 5.41) is 10.8. The van der Waals surface area contributed by atoms with Crippen molar-refractivity contribution in [2.75, 3.05) is 0 Å². The van der Waals surface area contributed by atoms with Gasteiger partial charge in [-0.25, -0.2) is 0 Å². The SMILES string of the molecule is Cl.N[C@@H](c1ccccc1[N+](=O)[O-])C1CCC1. The van der Waals surface area contributed by atoms with Gasteiger partial charge in [-0.1, -0.05) is 24.6 Å². The monoisotopic (exact) mass is 242 g/mol. The van der Waals surface area contributed by atoms with Gasteiger partial charge in [0.25, 0.3) is 5.69 Å². The number of nitro groups is 1. The molecule has 16 heavy (non-hydrogen) atoms. The van der Waals surface area contributed by atoms with Crippen LogP contribution >= 0.6 is 12.4 Å². The van der Waals surface area contributed by atoms with Gasteiger partial charge in [-0.2, -0.15) is 0 Å². The molecule has 0 saturated heterocycles. The summed E-state index contributed by atoms with van der Waals surface area (Å²) in [5.41, 5.74) is 6.86. The van der Waals surface area contributed by atoms with E-state index in [0.29, 0.717) is 11.5 Å². The maximum atomic E-state index is 10.8. The Morgan fingerprint density at radius 2 is 2.00 bits per heavy atom. The van der Waals surface area contributed by atoms with E-state index in [2.05, 4.69) is 0 Å². The molecule has 1 aromatic carbocycles. The molecule has 88 valence electrons. The predicted octanol–water partition coefficient (Wildman–Crippen LogP) is 2.82. The second-order valence-electron chi connectivity index (χ2n) is 4.03. The molecule has 5 heteroatoms. The van der Waals surface area contributed by atoms with Crippen LogP contribution in [0.4, 0.5) is 5.69 Å². The number of benzene rings is 1. The van der Waals surface area contributed by atoms with Crippen molar-refractivity contribution >= 4 is 18.1 Å². The van der Waals surface area contributed by atoms with Crippen LogP contribution < -0.4 is 5.73 Å². The van der Waals surface area contributed by atoms with Crippen LogP contribution in [0.25, 0.3) is 0 Å². The van der Waals surface area contributed by atoms with E-state index in [1.54, 1.807) is 18.2 Å². The van der Waals surface area contributed by atoms with E-state index in [-0.39, 0.29) is 29.1 Å². The number of halogens is 1. The number of nitrogens with two attached hydrogens (primary N) is 1. The Kier molecular flexibility index (Phi) is 4.26. The van der Waals surface area contributed by atoms with E-state index >= 15 is 0 Å². The van der Waals surface area contributed by atoms with E-state index in [1.165, 1.54) is 12.5 Å². The molecule has 0 heterocycles. The van der Waals surface area contributed by atoms with E-state index in [9.17, 15) is 10.1 Å². The van der Waals surface area contributed by atoms with Crippen molar-refractivity contribution in [1.82, 2.24) is 0 Å². The molecule has 4 nitrogen and oxygen atoms in total. The normalized spacial score (nSPS) is 17.1. The second-order valence-corrected chi connectivity index (χ2v) is 4.03. The van der Waals surface area contributed by atoms with Crippen LogP contribution in [0.3, 0.4) is 0 Å². The summed E-state index contributed by atoms with van der Waals surface area (Å²) in [5.74, 6) is 0.422. The summed E-state index contributed by atoms with van der Waals surface area (Å²) in [6, 6.07) is 6.59. The maximum Gasteiger partial charge on any atom is 0.274 e. The van der Waals surface area contributed by atoms with Gasteiger partial charge in [0, 0.05) is 17.7 Å². The summed E-state index contributed by atoms with van der Waals surface area (Å²) in [6.45, 7) is 0. The molecular weight excluding hydrogens is 228 g/mol. The van der Waals surface area contributed by atoms with Crippen molar-refractivity contribution in [3.63, 3.8) is 0 Å². The lowest BCUT2D eigenvalue weighted by atomic mass is 9.77. The zero-order chi connectivity index (χ0) is 10.8. The third-order valence-corrected chi connectivity index (χ3v) is 3.15. The fraction of sp³-hybridized carbons (Fsp3) is 0.455. The van der Waals surface area contributed by atoms with Crippen molar-refractivity contribution in [2.45, 2.75) is 25.3 Å². The first-order valence-corrected chi connectivity index (χ1v) is 5.19. The minimum Gasteiger partial charge on any atom is -0.324 e. The average Bonchev–Trinajstić information content (AvgIpc) is 2.15. The minimum absolute atomic E-state index is 0. The molecule has 2 N–H and O–H groups in total. The Labute approximate surface area is 100 Å². The molecule has 0 radical (unpaired) electrons. The highest BCUT2D eigenvalue weighted by atomic mass is 35.5. The molecule has 1 aliphatic rings. The largest absolute Gasteiger partial charge is 0.324 e. The van der Waals surface area contributed by atoms with Gasteiger partial charge in [0.1, 0.15) is 0 Å². The first-order valence-electron chi connectivity index (χ1n) is 5.19. The van der Waals surface area contributed by atoms with E-state index in [0.717, 1.165) is 12.8 Å². The minimum atomic E-state index is -0.353. The number of nitrogens with zero attached hydrogens (tertiary/aromatic N) is 1. The smallest absolute Gasteiger partial charge is 0.274 e. The van der Waals surface area contributed by atoms with Crippen molar-refractivity contribution in [3.8, 4) is 0 Å². The molecule has 1 saturated carbocycles. The molecular formula is C11H15ClN2O2. The van der Waals surface area contributed by atoms with Crippen LogP contribution in [0.5, 0.6) is 0 Å². The standard InChI is InChI=1S/C11H14N2O2.ClH/c12-11(8-4-3-5-8)9-6-1-2-7-10(9)13(14)15;/h1-2,6-8,11H,3-5,12H2;1H/t11-;/m1./s1. The lowest BCUT2D eigenvalue weighted by Gasteiger charge is -2.31. The first-order chi connectivity index (χ1) is 7.20. The maximum absolute atomic E-state index is 10.8. The fourth-order valence-electron chi connectivity index (χ4n) is 1.99. The van der Waals surface area contributed by atoms with Crippen molar-refractivity contribution < 1.29 is 4.92 Å². The third kappa shape index (κ3) is 2.33. The Morgan fingerprint density at radius 3 is 2.50 bits per heavy atom. The van der Waals surface area contributed by atoms with Crippen LogP contribution in [-0.2, 0) is 0 Å². The Bertz CT molecular complexity index is 380. The average molecular weight is 243 g/mol. The lowest BCUT2D eigenvalue weighted by Crippen LogP contribution is -2.27. The number of hydrogen-bond donors (Lipinski definition) is 1. The summed E-state index contributed by atoms with van der Waals surface area (Å²) in [6.07, 6.45) is 3.37. The number of hydrogen-bond acceptors (Lipinski definition) is 3.